The molecule has 0 spiro atoms. The Morgan fingerprint density at radius 3 is 2.64 bits per heavy atom. The largest absolute Gasteiger partial charge is 0.389 e. The van der Waals surface area contributed by atoms with Gasteiger partial charge in [0.2, 0.25) is 0 Å². The van der Waals surface area contributed by atoms with Gasteiger partial charge in [0.25, 0.3) is 0 Å². The van der Waals surface area contributed by atoms with Crippen LogP contribution < -0.4 is 0 Å². The molecule has 0 atom stereocenters. The molecule has 22 heavy (non-hydrogen) atoms. The molecular weight excluding hydrogens is 296 g/mol. The quantitative estimate of drug-likeness (QED) is 0.536. The van der Waals surface area contributed by atoms with Crippen molar-refractivity contribution in [1.82, 2.24) is 14.6 Å². The van der Waals surface area contributed by atoms with Crippen LogP contribution in [0.15, 0.2) is 59.9 Å². The lowest BCUT2D eigenvalue weighted by atomic mass is 10.1. The van der Waals surface area contributed by atoms with Crippen LogP contribution in [-0.4, -0.2) is 20.3 Å². The van der Waals surface area contributed by atoms with Crippen molar-refractivity contribution in [3.63, 3.8) is 0 Å². The van der Waals surface area contributed by atoms with E-state index in [1.807, 2.05) is 55.5 Å². The summed E-state index contributed by atoms with van der Waals surface area (Å²) in [5.41, 5.74) is 3.20. The lowest BCUT2D eigenvalue weighted by Crippen LogP contribution is -2.07. The van der Waals surface area contributed by atoms with Crippen molar-refractivity contribution >= 4 is 17.2 Å². The van der Waals surface area contributed by atoms with Crippen LogP contribution >= 0.6 is 11.5 Å². The molecule has 3 rings (SSSR count). The van der Waals surface area contributed by atoms with Crippen molar-refractivity contribution in [3.8, 4) is 0 Å². The SMILES string of the molecule is Cc1snnc1/C(=N/OCc1ccccn1)c1ccccc1. The molecular formula is C16H14N4OS. The van der Waals surface area contributed by atoms with Gasteiger partial charge in [0.15, 0.2) is 6.61 Å². The van der Waals surface area contributed by atoms with E-state index in [0.29, 0.717) is 12.3 Å². The Balaban J connectivity index is 1.86. The summed E-state index contributed by atoms with van der Waals surface area (Å²) >= 11 is 1.35. The molecule has 5 nitrogen and oxygen atoms in total. The van der Waals surface area contributed by atoms with E-state index in [4.69, 9.17) is 4.84 Å². The Bertz CT molecular complexity index is 756. The molecule has 110 valence electrons. The highest BCUT2D eigenvalue weighted by Crippen LogP contribution is 2.15. The first-order chi connectivity index (χ1) is 10.8. The van der Waals surface area contributed by atoms with Gasteiger partial charge in [0, 0.05) is 11.8 Å². The average Bonchev–Trinajstić information content (AvgIpc) is 2.99. The number of nitrogens with zero attached hydrogens (tertiary/aromatic N) is 4. The smallest absolute Gasteiger partial charge is 0.159 e. The van der Waals surface area contributed by atoms with Crippen LogP contribution in [0.5, 0.6) is 0 Å². The first kappa shape index (κ1) is 14.3. The second-order valence-corrected chi connectivity index (χ2v) is 5.54. The lowest BCUT2D eigenvalue weighted by Gasteiger charge is -2.05. The molecule has 0 unspecified atom stereocenters. The average molecular weight is 310 g/mol. The van der Waals surface area contributed by atoms with Crippen LogP contribution in [0.4, 0.5) is 0 Å². The van der Waals surface area contributed by atoms with Gasteiger partial charge in [-0.2, -0.15) is 0 Å². The summed E-state index contributed by atoms with van der Waals surface area (Å²) in [5, 5.41) is 8.43. The molecule has 0 N–H and O–H groups in total. The Kier molecular flexibility index (Phi) is 4.50. The number of pyridine rings is 1. The van der Waals surface area contributed by atoms with Gasteiger partial charge in [0.05, 0.1) is 10.6 Å². The van der Waals surface area contributed by atoms with Gasteiger partial charge < -0.3 is 4.84 Å². The normalized spacial score (nSPS) is 11.4. The number of aromatic nitrogens is 3. The van der Waals surface area contributed by atoms with Gasteiger partial charge in [-0.25, -0.2) is 0 Å². The zero-order chi connectivity index (χ0) is 15.2. The van der Waals surface area contributed by atoms with Crippen LogP contribution in [0.25, 0.3) is 0 Å². The molecule has 0 fully saturated rings. The third-order valence-electron chi connectivity index (χ3n) is 3.02. The topological polar surface area (TPSA) is 60.3 Å². The molecule has 0 aliphatic rings. The summed E-state index contributed by atoms with van der Waals surface area (Å²) in [4.78, 5) is 10.7. The molecule has 0 aliphatic heterocycles. The minimum Gasteiger partial charge on any atom is -0.389 e. The number of aryl methyl sites for hydroxylation is 1. The molecule has 6 heteroatoms. The van der Waals surface area contributed by atoms with Gasteiger partial charge in [-0.1, -0.05) is 46.0 Å². The van der Waals surface area contributed by atoms with E-state index in [0.717, 1.165) is 21.8 Å². The number of benzene rings is 1. The molecule has 0 amide bonds. The van der Waals surface area contributed by atoms with E-state index >= 15 is 0 Å². The van der Waals surface area contributed by atoms with Crippen molar-refractivity contribution in [2.45, 2.75) is 13.5 Å². The minimum atomic E-state index is 0.313. The summed E-state index contributed by atoms with van der Waals surface area (Å²) < 4.78 is 3.98. The van der Waals surface area contributed by atoms with Crippen molar-refractivity contribution in [2.24, 2.45) is 5.16 Å². The first-order valence-electron chi connectivity index (χ1n) is 6.79. The fourth-order valence-electron chi connectivity index (χ4n) is 1.93. The molecule has 0 radical (unpaired) electrons. The van der Waals surface area contributed by atoms with Crippen LogP contribution in [-0.2, 0) is 11.4 Å². The van der Waals surface area contributed by atoms with Gasteiger partial charge in [-0.3, -0.25) is 4.98 Å². The Morgan fingerprint density at radius 2 is 1.95 bits per heavy atom. The second-order valence-electron chi connectivity index (χ2n) is 4.58. The predicted molar refractivity (Wildman–Crippen MR) is 85.8 cm³/mol. The lowest BCUT2D eigenvalue weighted by molar-refractivity contribution is 0.128. The third-order valence-corrected chi connectivity index (χ3v) is 3.65. The molecule has 3 aromatic rings. The summed E-state index contributed by atoms with van der Waals surface area (Å²) in [6.45, 7) is 2.28. The fourth-order valence-corrected chi connectivity index (χ4v) is 2.39. The second kappa shape index (κ2) is 6.91. The number of oxime groups is 1. The molecule has 0 bridgehead atoms. The summed E-state index contributed by atoms with van der Waals surface area (Å²) in [6, 6.07) is 15.5. The summed E-state index contributed by atoms with van der Waals surface area (Å²) in [7, 11) is 0. The maximum absolute atomic E-state index is 5.48. The number of rotatable bonds is 5. The Hall–Kier alpha value is -2.60. The molecule has 0 aliphatic carbocycles. The Labute approximate surface area is 132 Å². The van der Waals surface area contributed by atoms with Gasteiger partial charge in [-0.05, 0) is 30.6 Å². The van der Waals surface area contributed by atoms with Gasteiger partial charge in [0.1, 0.15) is 11.4 Å². The predicted octanol–water partition coefficient (Wildman–Crippen LogP) is 3.21. The highest BCUT2D eigenvalue weighted by Gasteiger charge is 2.14. The van der Waals surface area contributed by atoms with Gasteiger partial charge >= 0.3 is 0 Å². The zero-order valence-corrected chi connectivity index (χ0v) is 12.8. The van der Waals surface area contributed by atoms with E-state index in [9.17, 15) is 0 Å². The zero-order valence-electron chi connectivity index (χ0n) is 12.0. The number of hydrogen-bond donors (Lipinski definition) is 0. The van der Waals surface area contributed by atoms with Crippen LogP contribution in [0.2, 0.25) is 0 Å². The first-order valence-corrected chi connectivity index (χ1v) is 7.56. The van der Waals surface area contributed by atoms with E-state index < -0.39 is 0 Å². The fraction of sp³-hybridized carbons (Fsp3) is 0.125. The van der Waals surface area contributed by atoms with Crippen molar-refractivity contribution in [3.05, 3.63) is 76.6 Å². The van der Waals surface area contributed by atoms with E-state index in [2.05, 4.69) is 19.7 Å². The minimum absolute atomic E-state index is 0.313. The van der Waals surface area contributed by atoms with E-state index in [-0.39, 0.29) is 0 Å². The molecule has 0 saturated heterocycles. The maximum Gasteiger partial charge on any atom is 0.159 e. The highest BCUT2D eigenvalue weighted by atomic mass is 32.1. The highest BCUT2D eigenvalue weighted by molar-refractivity contribution is 7.05. The molecule has 0 saturated carbocycles. The standard InChI is InChI=1S/C16H14N4OS/c1-12-15(18-20-22-12)16(13-7-3-2-4-8-13)19-21-11-14-9-5-6-10-17-14/h2-10H,11H2,1H3/b19-16+. The van der Waals surface area contributed by atoms with Crippen LogP contribution in [0.1, 0.15) is 21.8 Å². The monoisotopic (exact) mass is 310 g/mol. The molecule has 1 aromatic carbocycles. The van der Waals surface area contributed by atoms with Crippen LogP contribution in [0, 0.1) is 6.92 Å². The third kappa shape index (κ3) is 3.35. The maximum atomic E-state index is 5.48. The molecule has 2 aromatic heterocycles. The van der Waals surface area contributed by atoms with Crippen molar-refractivity contribution in [2.75, 3.05) is 0 Å². The number of hydrogen-bond acceptors (Lipinski definition) is 6. The summed E-state index contributed by atoms with van der Waals surface area (Å²) in [6.07, 6.45) is 1.73. The van der Waals surface area contributed by atoms with Crippen LogP contribution in [0.3, 0.4) is 0 Å². The van der Waals surface area contributed by atoms with Gasteiger partial charge in [-0.15, -0.1) is 5.10 Å². The molecule has 2 heterocycles. The van der Waals surface area contributed by atoms with E-state index in [1.165, 1.54) is 11.5 Å². The van der Waals surface area contributed by atoms with E-state index in [1.54, 1.807) is 6.20 Å². The van der Waals surface area contributed by atoms with Crippen molar-refractivity contribution in [1.29, 1.82) is 0 Å². The van der Waals surface area contributed by atoms with Crippen molar-refractivity contribution < 1.29 is 4.84 Å². The summed E-state index contributed by atoms with van der Waals surface area (Å²) in [5.74, 6) is 0. The Morgan fingerprint density at radius 1 is 1.14 bits per heavy atom.